The Hall–Kier alpha value is -0.550. The molecule has 15 heavy (non-hydrogen) atoms. The molecule has 2 aliphatic rings. The van der Waals surface area contributed by atoms with Gasteiger partial charge in [0.25, 0.3) is 0 Å². The van der Waals surface area contributed by atoms with Gasteiger partial charge in [-0.05, 0) is 29.1 Å². The van der Waals surface area contributed by atoms with Crippen molar-refractivity contribution >= 4 is 0 Å². The first-order chi connectivity index (χ1) is 6.86. The van der Waals surface area contributed by atoms with E-state index in [9.17, 15) is 0 Å². The van der Waals surface area contributed by atoms with Gasteiger partial charge in [0.15, 0.2) is 0 Å². The monoisotopic (exact) mass is 206 g/mol. The average molecular weight is 206 g/mol. The summed E-state index contributed by atoms with van der Waals surface area (Å²) in [6, 6.07) is 2.94. The number of rotatable bonds is 4. The van der Waals surface area contributed by atoms with E-state index in [0.29, 0.717) is 22.3 Å². The van der Waals surface area contributed by atoms with Gasteiger partial charge in [-0.1, -0.05) is 27.7 Å². The van der Waals surface area contributed by atoms with Crippen molar-refractivity contribution in [2.75, 3.05) is 6.54 Å². The van der Waals surface area contributed by atoms with Crippen molar-refractivity contribution in [3.05, 3.63) is 0 Å². The third kappa shape index (κ3) is 1.58. The summed E-state index contributed by atoms with van der Waals surface area (Å²) in [7, 11) is 0. The highest BCUT2D eigenvalue weighted by molar-refractivity contribution is 5.18. The van der Waals surface area contributed by atoms with Gasteiger partial charge in [-0.3, -0.25) is 0 Å². The molecule has 2 aliphatic carbocycles. The minimum atomic E-state index is 0.337. The SMILES string of the molecule is CC1(C)C(NCC2(CC#N)CC2)C1(C)C. The van der Waals surface area contributed by atoms with Gasteiger partial charge >= 0.3 is 0 Å². The van der Waals surface area contributed by atoms with E-state index in [1.54, 1.807) is 0 Å². The Morgan fingerprint density at radius 1 is 1.20 bits per heavy atom. The molecule has 0 radical (unpaired) electrons. The molecule has 0 aromatic rings. The molecular weight excluding hydrogens is 184 g/mol. The van der Waals surface area contributed by atoms with Crippen molar-refractivity contribution in [3.63, 3.8) is 0 Å². The van der Waals surface area contributed by atoms with E-state index in [1.807, 2.05) is 0 Å². The normalized spacial score (nSPS) is 29.5. The first-order valence-electron chi connectivity index (χ1n) is 5.96. The number of hydrogen-bond acceptors (Lipinski definition) is 2. The second kappa shape index (κ2) is 2.98. The summed E-state index contributed by atoms with van der Waals surface area (Å²) < 4.78 is 0. The minimum absolute atomic E-state index is 0.337. The Morgan fingerprint density at radius 3 is 2.07 bits per heavy atom. The zero-order valence-electron chi connectivity index (χ0n) is 10.4. The molecule has 0 bridgehead atoms. The van der Waals surface area contributed by atoms with Crippen LogP contribution in [-0.2, 0) is 0 Å². The van der Waals surface area contributed by atoms with Crippen LogP contribution in [0.3, 0.4) is 0 Å². The molecule has 0 unspecified atom stereocenters. The van der Waals surface area contributed by atoms with Gasteiger partial charge in [0.2, 0.25) is 0 Å². The molecule has 0 atom stereocenters. The van der Waals surface area contributed by atoms with Gasteiger partial charge in [-0.2, -0.15) is 5.26 Å². The van der Waals surface area contributed by atoms with Crippen molar-refractivity contribution in [3.8, 4) is 6.07 Å². The summed E-state index contributed by atoms with van der Waals surface area (Å²) in [4.78, 5) is 0. The summed E-state index contributed by atoms with van der Waals surface area (Å²) in [5.41, 5.74) is 1.16. The second-order valence-electron chi connectivity index (χ2n) is 6.59. The second-order valence-corrected chi connectivity index (χ2v) is 6.59. The van der Waals surface area contributed by atoms with E-state index in [2.05, 4.69) is 39.1 Å². The molecule has 2 heteroatoms. The fourth-order valence-corrected chi connectivity index (χ4v) is 2.79. The van der Waals surface area contributed by atoms with E-state index < -0.39 is 0 Å². The zero-order valence-corrected chi connectivity index (χ0v) is 10.4. The van der Waals surface area contributed by atoms with Crippen LogP contribution in [0, 0.1) is 27.6 Å². The number of hydrogen-bond donors (Lipinski definition) is 1. The number of nitrogens with one attached hydrogen (secondary N) is 1. The Kier molecular flexibility index (Phi) is 2.18. The molecule has 0 spiro atoms. The smallest absolute Gasteiger partial charge is 0.0628 e. The largest absolute Gasteiger partial charge is 0.312 e. The molecule has 84 valence electrons. The summed E-state index contributed by atoms with van der Waals surface area (Å²) in [6.07, 6.45) is 3.20. The maximum absolute atomic E-state index is 8.75. The van der Waals surface area contributed by atoms with Crippen LogP contribution in [0.25, 0.3) is 0 Å². The van der Waals surface area contributed by atoms with Crippen LogP contribution < -0.4 is 5.32 Å². The van der Waals surface area contributed by atoms with Crippen molar-refractivity contribution in [1.82, 2.24) is 5.32 Å². The fraction of sp³-hybridized carbons (Fsp3) is 0.923. The van der Waals surface area contributed by atoms with E-state index >= 15 is 0 Å². The third-order valence-electron chi connectivity index (χ3n) is 5.11. The first kappa shape index (κ1) is 11.0. The highest BCUT2D eigenvalue weighted by Crippen LogP contribution is 2.63. The molecular formula is C13H22N2. The van der Waals surface area contributed by atoms with Gasteiger partial charge in [-0.15, -0.1) is 0 Å². The third-order valence-corrected chi connectivity index (χ3v) is 5.11. The molecule has 2 fully saturated rings. The molecule has 1 N–H and O–H groups in total. The van der Waals surface area contributed by atoms with Gasteiger partial charge in [0.05, 0.1) is 6.07 Å². The number of nitriles is 1. The summed E-state index contributed by atoms with van der Waals surface area (Å²) >= 11 is 0. The quantitative estimate of drug-likeness (QED) is 0.767. The molecule has 0 aromatic heterocycles. The Bertz CT molecular complexity index is 291. The van der Waals surface area contributed by atoms with Crippen molar-refractivity contribution in [2.45, 2.75) is 53.0 Å². The van der Waals surface area contributed by atoms with Crippen LogP contribution in [0.4, 0.5) is 0 Å². The van der Waals surface area contributed by atoms with Gasteiger partial charge in [0.1, 0.15) is 0 Å². The highest BCUT2D eigenvalue weighted by atomic mass is 15.1. The lowest BCUT2D eigenvalue weighted by molar-refractivity contribution is 0.437. The van der Waals surface area contributed by atoms with E-state index in [-0.39, 0.29) is 0 Å². The molecule has 0 aliphatic heterocycles. The highest BCUT2D eigenvalue weighted by Gasteiger charge is 2.65. The number of nitrogens with zero attached hydrogens (tertiary/aromatic N) is 1. The Morgan fingerprint density at radius 2 is 1.73 bits per heavy atom. The van der Waals surface area contributed by atoms with E-state index in [0.717, 1.165) is 13.0 Å². The van der Waals surface area contributed by atoms with Crippen LogP contribution in [0.5, 0.6) is 0 Å². The lowest BCUT2D eigenvalue weighted by Gasteiger charge is -2.13. The molecule has 2 rings (SSSR count). The van der Waals surface area contributed by atoms with Crippen LogP contribution in [0.2, 0.25) is 0 Å². The lowest BCUT2D eigenvalue weighted by Crippen LogP contribution is -2.29. The van der Waals surface area contributed by atoms with Crippen molar-refractivity contribution < 1.29 is 0 Å². The van der Waals surface area contributed by atoms with E-state index in [1.165, 1.54) is 12.8 Å². The summed E-state index contributed by atoms with van der Waals surface area (Å²) in [6.45, 7) is 10.4. The molecule has 2 nitrogen and oxygen atoms in total. The topological polar surface area (TPSA) is 35.8 Å². The van der Waals surface area contributed by atoms with Crippen LogP contribution >= 0.6 is 0 Å². The van der Waals surface area contributed by atoms with Crippen molar-refractivity contribution in [2.24, 2.45) is 16.2 Å². The lowest BCUT2D eigenvalue weighted by atomic mass is 10.0. The predicted octanol–water partition coefficient (Wildman–Crippen LogP) is 2.70. The van der Waals surface area contributed by atoms with Crippen molar-refractivity contribution in [1.29, 1.82) is 5.26 Å². The first-order valence-corrected chi connectivity index (χ1v) is 5.96. The molecule has 2 saturated carbocycles. The maximum atomic E-state index is 8.75. The minimum Gasteiger partial charge on any atom is -0.312 e. The Labute approximate surface area is 93.0 Å². The maximum Gasteiger partial charge on any atom is 0.0628 e. The van der Waals surface area contributed by atoms with Gasteiger partial charge in [0, 0.05) is 19.0 Å². The predicted molar refractivity (Wildman–Crippen MR) is 61.2 cm³/mol. The molecule has 0 aromatic carbocycles. The summed E-state index contributed by atoms with van der Waals surface area (Å²) in [5.74, 6) is 0. The van der Waals surface area contributed by atoms with Gasteiger partial charge in [-0.25, -0.2) is 0 Å². The molecule has 0 heterocycles. The standard InChI is InChI=1S/C13H22N2/c1-11(2)10(12(11,3)4)15-9-13(5-6-13)7-8-14/h10,15H,5-7,9H2,1-4H3. The van der Waals surface area contributed by atoms with E-state index in [4.69, 9.17) is 5.26 Å². The van der Waals surface area contributed by atoms with Crippen LogP contribution in [0.1, 0.15) is 47.0 Å². The Balaban J connectivity index is 1.84. The van der Waals surface area contributed by atoms with Crippen LogP contribution in [0.15, 0.2) is 0 Å². The molecule has 0 saturated heterocycles. The molecule has 0 amide bonds. The fourth-order valence-electron chi connectivity index (χ4n) is 2.79. The summed E-state index contributed by atoms with van der Waals surface area (Å²) in [5, 5.41) is 12.4. The average Bonchev–Trinajstić information content (AvgIpc) is 2.92. The zero-order chi connectivity index (χ0) is 11.3. The van der Waals surface area contributed by atoms with Gasteiger partial charge < -0.3 is 5.32 Å². The van der Waals surface area contributed by atoms with Crippen LogP contribution in [-0.4, -0.2) is 12.6 Å².